The highest BCUT2D eigenvalue weighted by Gasteiger charge is 2.42. The number of carbonyl (C=O) groups excluding carboxylic acids is 1. The van der Waals surface area contributed by atoms with Gasteiger partial charge in [0.15, 0.2) is 0 Å². The van der Waals surface area contributed by atoms with Crippen molar-refractivity contribution < 1.29 is 14.7 Å². The summed E-state index contributed by atoms with van der Waals surface area (Å²) in [5, 5.41) is 12.1. The van der Waals surface area contributed by atoms with Crippen molar-refractivity contribution in [3.63, 3.8) is 0 Å². The van der Waals surface area contributed by atoms with Gasteiger partial charge in [0.05, 0.1) is 5.37 Å². The lowest BCUT2D eigenvalue weighted by Gasteiger charge is -2.29. The number of nitrogens with one attached hydrogen (secondary N) is 1. The van der Waals surface area contributed by atoms with Gasteiger partial charge in [-0.3, -0.25) is 4.90 Å². The number of nitrogens with zero attached hydrogens (tertiary/aromatic N) is 1. The minimum atomic E-state index is -0.916. The fourth-order valence-corrected chi connectivity index (χ4v) is 4.29. The number of hydrogen-bond acceptors (Lipinski definition) is 4. The third kappa shape index (κ3) is 5.62. The van der Waals surface area contributed by atoms with E-state index in [1.807, 2.05) is 25.6 Å². The van der Waals surface area contributed by atoms with Crippen molar-refractivity contribution in [3.05, 3.63) is 0 Å². The molecule has 21 heavy (non-hydrogen) atoms. The number of urea groups is 1. The standard InChI is InChI=1S/C14H26N2O3S2/c1-10(2)12-16(11(9-21-12)13(17)18)14(19)15-7-5-4-6-8-20-3/h10-12H,4-9H2,1-3H3,(H,15,19)(H,17,18). The van der Waals surface area contributed by atoms with Gasteiger partial charge in [-0.15, -0.1) is 11.8 Å². The molecule has 1 heterocycles. The second-order valence-corrected chi connectivity index (χ2v) is 7.65. The third-order valence-corrected chi connectivity index (χ3v) is 5.74. The Morgan fingerprint density at radius 3 is 2.67 bits per heavy atom. The Kier molecular flexibility index (Phi) is 8.33. The second kappa shape index (κ2) is 9.46. The Hall–Kier alpha value is -0.560. The van der Waals surface area contributed by atoms with Gasteiger partial charge in [0.25, 0.3) is 0 Å². The summed E-state index contributed by atoms with van der Waals surface area (Å²) in [6.45, 7) is 4.65. The van der Waals surface area contributed by atoms with Crippen LogP contribution in [0.2, 0.25) is 0 Å². The summed E-state index contributed by atoms with van der Waals surface area (Å²) >= 11 is 3.38. The molecule has 0 radical (unpaired) electrons. The molecular formula is C14H26N2O3S2. The normalized spacial score (nSPS) is 21.8. The summed E-state index contributed by atoms with van der Waals surface area (Å²) in [4.78, 5) is 25.1. The van der Waals surface area contributed by atoms with Gasteiger partial charge < -0.3 is 10.4 Å². The van der Waals surface area contributed by atoms with Crippen LogP contribution in [0.15, 0.2) is 0 Å². The molecule has 2 atom stereocenters. The minimum absolute atomic E-state index is 0.0532. The number of amides is 2. The average Bonchev–Trinajstić information content (AvgIpc) is 2.87. The van der Waals surface area contributed by atoms with Gasteiger partial charge in [-0.2, -0.15) is 11.8 Å². The maximum atomic E-state index is 12.3. The van der Waals surface area contributed by atoms with Crippen molar-refractivity contribution >= 4 is 35.5 Å². The molecule has 1 aliphatic heterocycles. The van der Waals surface area contributed by atoms with Crippen LogP contribution in [0.25, 0.3) is 0 Å². The van der Waals surface area contributed by atoms with Gasteiger partial charge in [-0.05, 0) is 30.8 Å². The maximum Gasteiger partial charge on any atom is 0.327 e. The fraction of sp³-hybridized carbons (Fsp3) is 0.857. The van der Waals surface area contributed by atoms with Crippen LogP contribution in [-0.4, -0.2) is 57.7 Å². The summed E-state index contributed by atoms with van der Waals surface area (Å²) in [6, 6.07) is -0.949. The van der Waals surface area contributed by atoms with Crippen LogP contribution in [0.4, 0.5) is 4.79 Å². The van der Waals surface area contributed by atoms with E-state index < -0.39 is 12.0 Å². The quantitative estimate of drug-likeness (QED) is 0.668. The maximum absolute atomic E-state index is 12.3. The highest BCUT2D eigenvalue weighted by molar-refractivity contribution is 8.00. The predicted molar refractivity (Wildman–Crippen MR) is 90.0 cm³/mol. The van der Waals surface area contributed by atoms with Gasteiger partial charge in [0.2, 0.25) is 0 Å². The first kappa shape index (κ1) is 18.5. The van der Waals surface area contributed by atoms with Crippen LogP contribution in [0.5, 0.6) is 0 Å². The summed E-state index contributed by atoms with van der Waals surface area (Å²) in [6.07, 6.45) is 5.27. The Balaban J connectivity index is 2.46. The minimum Gasteiger partial charge on any atom is -0.480 e. The van der Waals surface area contributed by atoms with Gasteiger partial charge in [-0.25, -0.2) is 9.59 Å². The van der Waals surface area contributed by atoms with E-state index in [4.69, 9.17) is 0 Å². The lowest BCUT2D eigenvalue weighted by Crippen LogP contribution is -2.51. The summed E-state index contributed by atoms with van der Waals surface area (Å²) < 4.78 is 0. The van der Waals surface area contributed by atoms with Crippen LogP contribution in [-0.2, 0) is 4.79 Å². The highest BCUT2D eigenvalue weighted by atomic mass is 32.2. The predicted octanol–water partition coefficient (Wildman–Crippen LogP) is 2.71. The molecule has 0 saturated carbocycles. The molecule has 2 amide bonds. The van der Waals surface area contributed by atoms with Crippen LogP contribution >= 0.6 is 23.5 Å². The molecule has 0 aliphatic carbocycles. The summed E-state index contributed by atoms with van der Waals surface area (Å²) in [5.41, 5.74) is 0. The molecule has 5 nitrogen and oxygen atoms in total. The molecule has 0 spiro atoms. The van der Waals surface area contributed by atoms with Crippen molar-refractivity contribution in [3.8, 4) is 0 Å². The number of unbranched alkanes of at least 4 members (excludes halogenated alkanes) is 2. The molecule has 0 aromatic carbocycles. The lowest BCUT2D eigenvalue weighted by molar-refractivity contribution is -0.141. The zero-order valence-electron chi connectivity index (χ0n) is 13.0. The number of thioether (sulfide) groups is 2. The van der Waals surface area contributed by atoms with Crippen molar-refractivity contribution in [2.45, 2.75) is 44.5 Å². The molecule has 122 valence electrons. The zero-order valence-corrected chi connectivity index (χ0v) is 14.6. The van der Waals surface area contributed by atoms with E-state index in [-0.39, 0.29) is 17.3 Å². The van der Waals surface area contributed by atoms with Gasteiger partial charge >= 0.3 is 12.0 Å². The molecule has 1 rings (SSSR count). The molecular weight excluding hydrogens is 308 g/mol. The monoisotopic (exact) mass is 334 g/mol. The van der Waals surface area contributed by atoms with E-state index in [0.717, 1.165) is 25.0 Å². The zero-order chi connectivity index (χ0) is 15.8. The molecule has 1 aliphatic rings. The first-order valence-electron chi connectivity index (χ1n) is 7.38. The first-order valence-corrected chi connectivity index (χ1v) is 9.82. The van der Waals surface area contributed by atoms with E-state index in [9.17, 15) is 14.7 Å². The van der Waals surface area contributed by atoms with Gasteiger partial charge in [-0.1, -0.05) is 20.3 Å². The SMILES string of the molecule is CSCCCCCNC(=O)N1C(C(=O)O)CSC1C(C)C. The van der Waals surface area contributed by atoms with Gasteiger partial charge in [0, 0.05) is 12.3 Å². The molecule has 7 heteroatoms. The average molecular weight is 335 g/mol. The fourth-order valence-electron chi connectivity index (χ4n) is 2.32. The highest BCUT2D eigenvalue weighted by Crippen LogP contribution is 2.33. The number of carboxylic acid groups (broad SMARTS) is 1. The van der Waals surface area contributed by atoms with E-state index in [1.165, 1.54) is 4.90 Å². The molecule has 0 aromatic heterocycles. The topological polar surface area (TPSA) is 69.6 Å². The Morgan fingerprint density at radius 2 is 2.10 bits per heavy atom. The smallest absolute Gasteiger partial charge is 0.327 e. The Bertz CT molecular complexity index is 353. The van der Waals surface area contributed by atoms with E-state index in [0.29, 0.717) is 12.3 Å². The van der Waals surface area contributed by atoms with Crippen LogP contribution in [0, 0.1) is 5.92 Å². The summed E-state index contributed by atoms with van der Waals surface area (Å²) in [5.74, 6) is 0.944. The second-order valence-electron chi connectivity index (χ2n) is 5.51. The van der Waals surface area contributed by atoms with Crippen molar-refractivity contribution in [1.29, 1.82) is 0 Å². The van der Waals surface area contributed by atoms with E-state index >= 15 is 0 Å². The molecule has 1 saturated heterocycles. The molecule has 2 unspecified atom stereocenters. The number of hydrogen-bond donors (Lipinski definition) is 2. The lowest BCUT2D eigenvalue weighted by atomic mass is 10.1. The Morgan fingerprint density at radius 1 is 1.38 bits per heavy atom. The van der Waals surface area contributed by atoms with Crippen LogP contribution in [0.3, 0.4) is 0 Å². The number of carboxylic acids is 1. The number of carbonyl (C=O) groups is 2. The van der Waals surface area contributed by atoms with Crippen LogP contribution < -0.4 is 5.32 Å². The van der Waals surface area contributed by atoms with Crippen LogP contribution in [0.1, 0.15) is 33.1 Å². The van der Waals surface area contributed by atoms with Crippen molar-refractivity contribution in [2.24, 2.45) is 5.92 Å². The molecule has 2 N–H and O–H groups in total. The van der Waals surface area contributed by atoms with Crippen molar-refractivity contribution in [2.75, 3.05) is 24.3 Å². The molecule has 0 bridgehead atoms. The van der Waals surface area contributed by atoms with Gasteiger partial charge in [0.1, 0.15) is 6.04 Å². The summed E-state index contributed by atoms with van der Waals surface area (Å²) in [7, 11) is 0. The Labute approximate surface area is 135 Å². The molecule has 1 fully saturated rings. The number of aliphatic carboxylic acids is 1. The largest absolute Gasteiger partial charge is 0.480 e. The molecule has 0 aromatic rings. The number of rotatable bonds is 8. The third-order valence-electron chi connectivity index (χ3n) is 3.43. The van der Waals surface area contributed by atoms with Crippen molar-refractivity contribution in [1.82, 2.24) is 10.2 Å². The van der Waals surface area contributed by atoms with E-state index in [2.05, 4.69) is 11.6 Å². The van der Waals surface area contributed by atoms with E-state index in [1.54, 1.807) is 11.8 Å². The first-order chi connectivity index (χ1) is 9.99.